The van der Waals surface area contributed by atoms with Crippen molar-refractivity contribution in [2.75, 3.05) is 0 Å². The second kappa shape index (κ2) is 5.60. The van der Waals surface area contributed by atoms with E-state index in [1.807, 2.05) is 48.5 Å². The van der Waals surface area contributed by atoms with Gasteiger partial charge < -0.3 is 4.42 Å². The van der Waals surface area contributed by atoms with Crippen LogP contribution in [0, 0.1) is 0 Å². The van der Waals surface area contributed by atoms with Crippen LogP contribution in [0.4, 0.5) is 0 Å². The van der Waals surface area contributed by atoms with Crippen LogP contribution >= 0.6 is 0 Å². The Bertz CT molecular complexity index is 1230. The maximum Gasteiger partial charge on any atom is 0.228 e. The molecule has 0 fully saturated rings. The van der Waals surface area contributed by atoms with Crippen LogP contribution in [-0.4, -0.2) is 4.98 Å². The van der Waals surface area contributed by atoms with E-state index in [-0.39, 0.29) is 0 Å². The summed E-state index contributed by atoms with van der Waals surface area (Å²) in [5.74, 6) is 0. The molecule has 3 aromatic carbocycles. The molecule has 5 aromatic rings. The van der Waals surface area contributed by atoms with Gasteiger partial charge in [-0.3, -0.25) is 0 Å². The molecule has 5 rings (SSSR count). The van der Waals surface area contributed by atoms with E-state index in [0.717, 1.165) is 32.8 Å². The molecule has 0 N–H and O–H groups in total. The van der Waals surface area contributed by atoms with Crippen LogP contribution in [0.5, 0.6) is 0 Å². The molecule has 118 valence electrons. The molecule has 0 amide bonds. The molecule has 2 heterocycles. The summed E-state index contributed by atoms with van der Waals surface area (Å²) in [6, 6.07) is 26.7. The molecular weight excluding hydrogens is 306 g/mol. The molecule has 0 radical (unpaired) electrons. The van der Waals surface area contributed by atoms with Gasteiger partial charge >= 0.3 is 0 Å². The summed E-state index contributed by atoms with van der Waals surface area (Å²) >= 11 is 0. The molecule has 0 bridgehead atoms. The highest BCUT2D eigenvalue weighted by atomic mass is 16.3. The average Bonchev–Trinajstić information content (AvgIpc) is 3.04. The lowest BCUT2D eigenvalue weighted by atomic mass is 10.0. The molecule has 0 aliphatic heterocycles. The van der Waals surface area contributed by atoms with E-state index in [0.29, 0.717) is 5.71 Å². The van der Waals surface area contributed by atoms with E-state index < -0.39 is 0 Å². The molecule has 0 saturated heterocycles. The number of fused-ring (bicyclic) bond motifs is 4. The van der Waals surface area contributed by atoms with Gasteiger partial charge in [0.1, 0.15) is 5.58 Å². The van der Waals surface area contributed by atoms with Crippen molar-refractivity contribution in [2.24, 2.45) is 0 Å². The summed E-state index contributed by atoms with van der Waals surface area (Å²) in [6.07, 6.45) is 4.31. The van der Waals surface area contributed by atoms with Crippen molar-refractivity contribution in [3.05, 3.63) is 90.0 Å². The summed E-state index contributed by atoms with van der Waals surface area (Å²) < 4.78 is 6.01. The Morgan fingerprint density at radius 3 is 2.28 bits per heavy atom. The van der Waals surface area contributed by atoms with Crippen LogP contribution in [0.25, 0.3) is 45.1 Å². The molecule has 2 nitrogen and oxygen atoms in total. The van der Waals surface area contributed by atoms with E-state index in [1.54, 1.807) is 0 Å². The molecule has 0 unspecified atom stereocenters. The highest BCUT2D eigenvalue weighted by Crippen LogP contribution is 2.35. The molecule has 2 aromatic heterocycles. The standard InChI is InChI=1S/C23H15NO/c1-2-8-16(9-3-1)14-15-18-17-10-4-6-12-20(17)24-23-22(18)19-11-5-7-13-21(19)25-23/h1-15H/b15-14+. The Hall–Kier alpha value is -3.39. The van der Waals surface area contributed by atoms with Gasteiger partial charge in [-0.1, -0.05) is 78.9 Å². The van der Waals surface area contributed by atoms with Crippen LogP contribution in [0.2, 0.25) is 0 Å². The lowest BCUT2D eigenvalue weighted by Crippen LogP contribution is -1.85. The monoisotopic (exact) mass is 321 g/mol. The van der Waals surface area contributed by atoms with Crippen molar-refractivity contribution in [2.45, 2.75) is 0 Å². The number of nitrogens with zero attached hydrogens (tertiary/aromatic N) is 1. The largest absolute Gasteiger partial charge is 0.438 e. The summed E-state index contributed by atoms with van der Waals surface area (Å²) in [6.45, 7) is 0. The van der Waals surface area contributed by atoms with Gasteiger partial charge in [0.25, 0.3) is 0 Å². The van der Waals surface area contributed by atoms with Crippen molar-refractivity contribution in [1.82, 2.24) is 4.98 Å². The average molecular weight is 321 g/mol. The van der Waals surface area contributed by atoms with Gasteiger partial charge in [-0.25, -0.2) is 4.98 Å². The number of hydrogen-bond acceptors (Lipinski definition) is 2. The molecule has 25 heavy (non-hydrogen) atoms. The fraction of sp³-hybridized carbons (Fsp3) is 0. The zero-order valence-electron chi connectivity index (χ0n) is 13.5. The molecule has 0 atom stereocenters. The van der Waals surface area contributed by atoms with Crippen molar-refractivity contribution >= 4 is 45.1 Å². The number of benzene rings is 3. The summed E-state index contributed by atoms with van der Waals surface area (Å²) in [4.78, 5) is 4.73. The Morgan fingerprint density at radius 2 is 1.40 bits per heavy atom. The van der Waals surface area contributed by atoms with E-state index in [2.05, 4.69) is 42.5 Å². The topological polar surface area (TPSA) is 26.0 Å². The third-order valence-corrected chi connectivity index (χ3v) is 4.50. The Labute approximate surface area is 145 Å². The van der Waals surface area contributed by atoms with Gasteiger partial charge in [0.05, 0.1) is 10.9 Å². The predicted octanol–water partition coefficient (Wildman–Crippen LogP) is 6.30. The van der Waals surface area contributed by atoms with Gasteiger partial charge in [0, 0.05) is 10.8 Å². The fourth-order valence-electron chi connectivity index (χ4n) is 3.33. The molecule has 0 saturated carbocycles. The highest BCUT2D eigenvalue weighted by Gasteiger charge is 2.14. The zero-order valence-corrected chi connectivity index (χ0v) is 13.5. The van der Waals surface area contributed by atoms with Crippen molar-refractivity contribution in [3.63, 3.8) is 0 Å². The van der Waals surface area contributed by atoms with Crippen molar-refractivity contribution in [1.29, 1.82) is 0 Å². The summed E-state index contributed by atoms with van der Waals surface area (Å²) in [5, 5.41) is 3.30. The molecular formula is C23H15NO. The second-order valence-electron chi connectivity index (χ2n) is 6.07. The first kappa shape index (κ1) is 14.0. The van der Waals surface area contributed by atoms with E-state index in [4.69, 9.17) is 9.40 Å². The number of rotatable bonds is 2. The number of aromatic nitrogens is 1. The summed E-state index contributed by atoms with van der Waals surface area (Å²) in [7, 11) is 0. The first-order chi connectivity index (χ1) is 12.4. The number of furan rings is 1. The minimum atomic E-state index is 0.688. The van der Waals surface area contributed by atoms with Crippen LogP contribution < -0.4 is 0 Å². The van der Waals surface area contributed by atoms with Crippen LogP contribution in [0.15, 0.2) is 83.3 Å². The molecule has 0 aliphatic carbocycles. The number of hydrogen-bond donors (Lipinski definition) is 0. The molecule has 2 heteroatoms. The van der Waals surface area contributed by atoms with Crippen molar-refractivity contribution < 1.29 is 4.42 Å². The quantitative estimate of drug-likeness (QED) is 0.381. The predicted molar refractivity (Wildman–Crippen MR) is 104 cm³/mol. The number of para-hydroxylation sites is 2. The van der Waals surface area contributed by atoms with Gasteiger partial charge in [-0.15, -0.1) is 0 Å². The Kier molecular flexibility index (Phi) is 3.14. The lowest BCUT2D eigenvalue weighted by Gasteiger charge is -2.04. The van der Waals surface area contributed by atoms with E-state index >= 15 is 0 Å². The smallest absolute Gasteiger partial charge is 0.228 e. The van der Waals surface area contributed by atoms with Gasteiger partial charge in [-0.2, -0.15) is 0 Å². The third kappa shape index (κ3) is 2.31. The van der Waals surface area contributed by atoms with E-state index in [1.165, 1.54) is 5.56 Å². The zero-order chi connectivity index (χ0) is 16.6. The Morgan fingerprint density at radius 1 is 0.680 bits per heavy atom. The molecule has 0 spiro atoms. The van der Waals surface area contributed by atoms with E-state index in [9.17, 15) is 0 Å². The Balaban J connectivity index is 1.87. The third-order valence-electron chi connectivity index (χ3n) is 4.50. The van der Waals surface area contributed by atoms with Crippen molar-refractivity contribution in [3.8, 4) is 0 Å². The maximum atomic E-state index is 6.01. The van der Waals surface area contributed by atoms with Crippen LogP contribution in [0.3, 0.4) is 0 Å². The van der Waals surface area contributed by atoms with Gasteiger partial charge in [-0.05, 0) is 23.3 Å². The van der Waals surface area contributed by atoms with Gasteiger partial charge in [0.2, 0.25) is 5.71 Å². The second-order valence-corrected chi connectivity index (χ2v) is 6.07. The normalized spacial score (nSPS) is 11.8. The minimum Gasteiger partial charge on any atom is -0.438 e. The fourth-order valence-corrected chi connectivity index (χ4v) is 3.33. The highest BCUT2D eigenvalue weighted by molar-refractivity contribution is 6.14. The summed E-state index contributed by atoms with van der Waals surface area (Å²) in [5.41, 5.74) is 4.82. The maximum absolute atomic E-state index is 6.01. The first-order valence-corrected chi connectivity index (χ1v) is 8.33. The number of pyridine rings is 1. The SMILES string of the molecule is C(=C\c1c2ccccc2nc2oc3ccccc3c12)/c1ccccc1. The van der Waals surface area contributed by atoms with Crippen LogP contribution in [0.1, 0.15) is 11.1 Å². The van der Waals surface area contributed by atoms with Gasteiger partial charge in [0.15, 0.2) is 0 Å². The lowest BCUT2D eigenvalue weighted by molar-refractivity contribution is 0.656. The van der Waals surface area contributed by atoms with Crippen LogP contribution in [-0.2, 0) is 0 Å². The molecule has 0 aliphatic rings. The minimum absolute atomic E-state index is 0.688. The first-order valence-electron chi connectivity index (χ1n) is 8.33.